The van der Waals surface area contributed by atoms with Gasteiger partial charge in [-0.2, -0.15) is 0 Å². The van der Waals surface area contributed by atoms with Crippen molar-refractivity contribution in [2.75, 3.05) is 19.5 Å². The summed E-state index contributed by atoms with van der Waals surface area (Å²) in [6, 6.07) is 3.31. The summed E-state index contributed by atoms with van der Waals surface area (Å²) in [5.74, 6) is 1.20. The van der Waals surface area contributed by atoms with Gasteiger partial charge in [0.1, 0.15) is 11.5 Å². The third-order valence-electron chi connectivity index (χ3n) is 3.21. The lowest BCUT2D eigenvalue weighted by Gasteiger charge is -2.24. The maximum Gasteiger partial charge on any atom is 0.227 e. The summed E-state index contributed by atoms with van der Waals surface area (Å²) in [4.78, 5) is 11.9. The molecule has 98 valence electrons. The molecular formula is C13H16ClNO3. The Morgan fingerprint density at radius 1 is 1.28 bits per heavy atom. The van der Waals surface area contributed by atoms with Crippen molar-refractivity contribution < 1.29 is 14.3 Å². The summed E-state index contributed by atoms with van der Waals surface area (Å²) in [5.41, 5.74) is 0.593. The highest BCUT2D eigenvalue weighted by Gasteiger charge is 2.26. The first-order valence-corrected chi connectivity index (χ1v) is 6.26. The van der Waals surface area contributed by atoms with Crippen LogP contribution in [0.2, 0.25) is 5.02 Å². The van der Waals surface area contributed by atoms with E-state index in [9.17, 15) is 4.79 Å². The SMILES string of the molecule is COc1cc(NC(=O)C2CCC2)c(OC)cc1Cl. The summed E-state index contributed by atoms with van der Waals surface area (Å²) < 4.78 is 10.3. The lowest BCUT2D eigenvalue weighted by atomic mass is 9.85. The Kier molecular flexibility index (Phi) is 3.97. The van der Waals surface area contributed by atoms with Crippen molar-refractivity contribution in [3.63, 3.8) is 0 Å². The van der Waals surface area contributed by atoms with E-state index in [1.165, 1.54) is 14.2 Å². The number of amides is 1. The third-order valence-corrected chi connectivity index (χ3v) is 3.50. The second kappa shape index (κ2) is 5.48. The van der Waals surface area contributed by atoms with Gasteiger partial charge in [0.05, 0.1) is 24.9 Å². The molecule has 1 aliphatic rings. The molecule has 0 radical (unpaired) electrons. The van der Waals surface area contributed by atoms with E-state index in [0.717, 1.165) is 19.3 Å². The number of benzene rings is 1. The maximum absolute atomic E-state index is 11.9. The number of hydrogen-bond donors (Lipinski definition) is 1. The first kappa shape index (κ1) is 13.0. The molecule has 0 heterocycles. The highest BCUT2D eigenvalue weighted by atomic mass is 35.5. The number of methoxy groups -OCH3 is 2. The summed E-state index contributed by atoms with van der Waals surface area (Å²) in [6.07, 6.45) is 3.04. The maximum atomic E-state index is 11.9. The molecule has 1 fully saturated rings. The minimum Gasteiger partial charge on any atom is -0.495 e. The van der Waals surface area contributed by atoms with Crippen LogP contribution in [-0.2, 0) is 4.79 Å². The number of halogens is 1. The second-order valence-electron chi connectivity index (χ2n) is 4.30. The molecule has 4 nitrogen and oxygen atoms in total. The summed E-state index contributed by atoms with van der Waals surface area (Å²) in [7, 11) is 3.07. The van der Waals surface area contributed by atoms with E-state index in [4.69, 9.17) is 21.1 Å². The number of anilines is 1. The van der Waals surface area contributed by atoms with Gasteiger partial charge in [0.25, 0.3) is 0 Å². The molecule has 1 aromatic rings. The van der Waals surface area contributed by atoms with Gasteiger partial charge in [-0.05, 0) is 12.8 Å². The average Bonchev–Trinajstić information content (AvgIpc) is 2.28. The zero-order chi connectivity index (χ0) is 13.1. The Morgan fingerprint density at radius 3 is 2.44 bits per heavy atom. The van der Waals surface area contributed by atoms with Crippen molar-refractivity contribution in [1.82, 2.24) is 0 Å². The third kappa shape index (κ3) is 2.53. The molecule has 1 saturated carbocycles. The minimum atomic E-state index is 0.0314. The van der Waals surface area contributed by atoms with E-state index in [1.54, 1.807) is 12.1 Å². The van der Waals surface area contributed by atoms with Crippen LogP contribution in [0, 0.1) is 5.92 Å². The van der Waals surface area contributed by atoms with Crippen LogP contribution in [0.5, 0.6) is 11.5 Å². The van der Waals surface area contributed by atoms with E-state index in [0.29, 0.717) is 22.2 Å². The molecule has 0 atom stereocenters. The van der Waals surface area contributed by atoms with Gasteiger partial charge >= 0.3 is 0 Å². The van der Waals surface area contributed by atoms with Gasteiger partial charge in [-0.15, -0.1) is 0 Å². The quantitative estimate of drug-likeness (QED) is 0.914. The minimum absolute atomic E-state index is 0.0314. The van der Waals surface area contributed by atoms with Crippen molar-refractivity contribution >= 4 is 23.2 Å². The molecule has 5 heteroatoms. The number of ether oxygens (including phenoxy) is 2. The normalized spacial score (nSPS) is 14.8. The zero-order valence-corrected chi connectivity index (χ0v) is 11.2. The van der Waals surface area contributed by atoms with Crippen LogP contribution in [0.4, 0.5) is 5.69 Å². The molecule has 1 aliphatic carbocycles. The summed E-state index contributed by atoms with van der Waals surface area (Å²) in [6.45, 7) is 0. The molecule has 1 N–H and O–H groups in total. The number of rotatable bonds is 4. The van der Waals surface area contributed by atoms with Gasteiger partial charge in [0, 0.05) is 18.1 Å². The number of carbonyl (C=O) groups excluding carboxylic acids is 1. The highest BCUT2D eigenvalue weighted by molar-refractivity contribution is 6.32. The Balaban J connectivity index is 2.21. The largest absolute Gasteiger partial charge is 0.495 e. The molecule has 0 saturated heterocycles. The van der Waals surface area contributed by atoms with E-state index in [-0.39, 0.29) is 11.8 Å². The predicted octanol–water partition coefficient (Wildman–Crippen LogP) is 3.10. The Hall–Kier alpha value is -1.42. The fourth-order valence-corrected chi connectivity index (χ4v) is 2.09. The van der Waals surface area contributed by atoms with Gasteiger partial charge in [-0.25, -0.2) is 0 Å². The molecule has 0 bridgehead atoms. The van der Waals surface area contributed by atoms with E-state index < -0.39 is 0 Å². The number of hydrogen-bond acceptors (Lipinski definition) is 3. The lowest BCUT2D eigenvalue weighted by molar-refractivity contribution is -0.122. The Morgan fingerprint density at radius 2 is 1.94 bits per heavy atom. The van der Waals surface area contributed by atoms with E-state index in [1.807, 2.05) is 0 Å². The molecule has 0 aliphatic heterocycles. The predicted molar refractivity (Wildman–Crippen MR) is 70.5 cm³/mol. The summed E-state index contributed by atoms with van der Waals surface area (Å²) >= 11 is 6.00. The summed E-state index contributed by atoms with van der Waals surface area (Å²) in [5, 5.41) is 3.32. The van der Waals surface area contributed by atoms with Crippen LogP contribution in [0.25, 0.3) is 0 Å². The van der Waals surface area contributed by atoms with Crippen molar-refractivity contribution in [1.29, 1.82) is 0 Å². The molecule has 0 aromatic heterocycles. The number of nitrogens with one attached hydrogen (secondary N) is 1. The lowest BCUT2D eigenvalue weighted by Crippen LogP contribution is -2.28. The van der Waals surface area contributed by atoms with E-state index >= 15 is 0 Å². The van der Waals surface area contributed by atoms with Crippen LogP contribution in [0.1, 0.15) is 19.3 Å². The molecule has 1 aromatic carbocycles. The average molecular weight is 270 g/mol. The standard InChI is InChI=1S/C13H16ClNO3/c1-17-11-7-10(12(18-2)6-9(11)14)15-13(16)8-4-3-5-8/h6-8H,3-5H2,1-2H3,(H,15,16). The van der Waals surface area contributed by atoms with Crippen molar-refractivity contribution in [3.8, 4) is 11.5 Å². The van der Waals surface area contributed by atoms with Crippen molar-refractivity contribution in [2.24, 2.45) is 5.92 Å². The fraction of sp³-hybridized carbons (Fsp3) is 0.462. The molecule has 2 rings (SSSR count). The van der Waals surface area contributed by atoms with Gasteiger partial charge in [0.15, 0.2) is 0 Å². The topological polar surface area (TPSA) is 47.6 Å². The first-order chi connectivity index (χ1) is 8.65. The number of carbonyl (C=O) groups is 1. The molecule has 18 heavy (non-hydrogen) atoms. The van der Waals surface area contributed by atoms with Crippen LogP contribution >= 0.6 is 11.6 Å². The van der Waals surface area contributed by atoms with Crippen LogP contribution in [0.15, 0.2) is 12.1 Å². The molecular weight excluding hydrogens is 254 g/mol. The highest BCUT2D eigenvalue weighted by Crippen LogP contribution is 2.37. The van der Waals surface area contributed by atoms with E-state index in [2.05, 4.69) is 5.32 Å². The molecule has 0 unspecified atom stereocenters. The molecule has 0 spiro atoms. The van der Waals surface area contributed by atoms with Crippen LogP contribution in [0.3, 0.4) is 0 Å². The second-order valence-corrected chi connectivity index (χ2v) is 4.71. The van der Waals surface area contributed by atoms with Crippen molar-refractivity contribution in [3.05, 3.63) is 17.2 Å². The monoisotopic (exact) mass is 269 g/mol. The van der Waals surface area contributed by atoms with Crippen molar-refractivity contribution in [2.45, 2.75) is 19.3 Å². The first-order valence-electron chi connectivity index (χ1n) is 5.88. The van der Waals surface area contributed by atoms with Gasteiger partial charge < -0.3 is 14.8 Å². The van der Waals surface area contributed by atoms with Crippen LogP contribution < -0.4 is 14.8 Å². The van der Waals surface area contributed by atoms with Gasteiger partial charge in [0.2, 0.25) is 5.91 Å². The van der Waals surface area contributed by atoms with Crippen LogP contribution in [-0.4, -0.2) is 20.1 Å². The van der Waals surface area contributed by atoms with Gasteiger partial charge in [-0.3, -0.25) is 4.79 Å². The molecule has 1 amide bonds. The fourth-order valence-electron chi connectivity index (χ4n) is 1.86. The zero-order valence-electron chi connectivity index (χ0n) is 10.5. The van der Waals surface area contributed by atoms with Gasteiger partial charge in [-0.1, -0.05) is 18.0 Å². The Bertz CT molecular complexity index is 458. The smallest absolute Gasteiger partial charge is 0.227 e. The Labute approximate surface area is 111 Å².